The Hall–Kier alpha value is -1.83. The number of primary amides is 1. The average Bonchev–Trinajstić information content (AvgIpc) is 2.36. The van der Waals surface area contributed by atoms with Crippen molar-refractivity contribution in [3.05, 3.63) is 29.3 Å². The predicted molar refractivity (Wildman–Crippen MR) is 63.0 cm³/mol. The molecule has 0 saturated heterocycles. The van der Waals surface area contributed by atoms with E-state index in [4.69, 9.17) is 10.5 Å². The lowest BCUT2D eigenvalue weighted by Gasteiger charge is -2.27. The molecule has 0 bridgehead atoms. The van der Waals surface area contributed by atoms with E-state index in [2.05, 4.69) is 5.32 Å². The summed E-state index contributed by atoms with van der Waals surface area (Å²) in [4.78, 5) is 11.3. The molecule has 1 rings (SSSR count). The highest BCUT2D eigenvalue weighted by molar-refractivity contribution is 5.84. The Morgan fingerprint density at radius 2 is 1.80 bits per heavy atom. The highest BCUT2D eigenvalue weighted by atomic mass is 19.2. The van der Waals surface area contributed by atoms with Gasteiger partial charge in [0.25, 0.3) is 0 Å². The molecule has 0 fully saturated rings. The third kappa shape index (κ3) is 3.19. The molecule has 1 atom stereocenters. The lowest BCUT2D eigenvalue weighted by molar-refractivity contribution is -0.125. The first kappa shape index (κ1) is 16.2. The molecule has 0 spiro atoms. The Labute approximate surface area is 112 Å². The molecular formula is C12H14F4N2O2. The number of ether oxygens (including phenoxy) is 1. The summed E-state index contributed by atoms with van der Waals surface area (Å²) in [5.74, 6) is -8.60. The Morgan fingerprint density at radius 1 is 1.30 bits per heavy atom. The number of halogens is 4. The molecule has 0 aliphatic heterocycles. The lowest BCUT2D eigenvalue weighted by Crippen LogP contribution is -2.57. The van der Waals surface area contributed by atoms with E-state index in [1.54, 1.807) is 6.92 Å². The van der Waals surface area contributed by atoms with Crippen molar-refractivity contribution in [3.63, 3.8) is 0 Å². The van der Waals surface area contributed by atoms with Gasteiger partial charge in [0.05, 0.1) is 0 Å². The average molecular weight is 294 g/mol. The summed E-state index contributed by atoms with van der Waals surface area (Å²) in [6, 6.07) is 0.0646. The summed E-state index contributed by atoms with van der Waals surface area (Å²) in [6.45, 7) is 2.74. The predicted octanol–water partition coefficient (Wildman–Crippen LogP) is 1.48. The normalized spacial score (nSPS) is 13.9. The molecule has 0 aliphatic rings. The number of carbonyl (C=O) groups excluding carboxylic acids is 1. The van der Waals surface area contributed by atoms with Gasteiger partial charge in [-0.1, -0.05) is 6.92 Å². The van der Waals surface area contributed by atoms with Gasteiger partial charge in [0, 0.05) is 6.07 Å². The highest BCUT2D eigenvalue weighted by Gasteiger charge is 2.32. The highest BCUT2D eigenvalue weighted by Crippen LogP contribution is 2.27. The Morgan fingerprint density at radius 3 is 2.20 bits per heavy atom. The van der Waals surface area contributed by atoms with Crippen molar-refractivity contribution in [3.8, 4) is 5.75 Å². The zero-order valence-corrected chi connectivity index (χ0v) is 10.9. The standard InChI is InChI=1S/C12H14F4N2O2/c1-3-18-12(2,11(17)19)5-20-10-8(15)6(13)4-7(14)9(10)16/h4,18H,3,5H2,1-2H3,(H2,17,19). The van der Waals surface area contributed by atoms with E-state index in [9.17, 15) is 22.4 Å². The summed E-state index contributed by atoms with van der Waals surface area (Å²) in [7, 11) is 0. The van der Waals surface area contributed by atoms with Crippen LogP contribution in [0.4, 0.5) is 17.6 Å². The second-order valence-corrected chi connectivity index (χ2v) is 4.31. The number of nitrogens with one attached hydrogen (secondary N) is 1. The SMILES string of the molecule is CCNC(C)(COc1c(F)c(F)cc(F)c1F)C(N)=O. The molecule has 0 heterocycles. The van der Waals surface area contributed by atoms with Gasteiger partial charge in [-0.3, -0.25) is 4.79 Å². The summed E-state index contributed by atoms with van der Waals surface area (Å²) >= 11 is 0. The van der Waals surface area contributed by atoms with Crippen molar-refractivity contribution >= 4 is 5.91 Å². The number of nitrogens with two attached hydrogens (primary N) is 1. The molecule has 0 aromatic heterocycles. The Bertz CT molecular complexity index is 498. The van der Waals surface area contributed by atoms with E-state index in [-0.39, 0.29) is 6.07 Å². The van der Waals surface area contributed by atoms with Crippen LogP contribution in [0, 0.1) is 23.3 Å². The van der Waals surface area contributed by atoms with Crippen LogP contribution in [0.15, 0.2) is 6.07 Å². The van der Waals surface area contributed by atoms with Crippen molar-refractivity contribution in [1.82, 2.24) is 5.32 Å². The molecule has 8 heteroatoms. The third-order valence-corrected chi connectivity index (χ3v) is 2.69. The van der Waals surface area contributed by atoms with E-state index in [0.717, 1.165) is 0 Å². The number of likely N-dealkylation sites (N-methyl/N-ethyl adjacent to an activating group) is 1. The zero-order chi connectivity index (χ0) is 15.5. The van der Waals surface area contributed by atoms with Crippen LogP contribution in [0.1, 0.15) is 13.8 Å². The maximum atomic E-state index is 13.4. The van der Waals surface area contributed by atoms with Crippen molar-refractivity contribution in [2.24, 2.45) is 5.73 Å². The minimum Gasteiger partial charge on any atom is -0.485 e. The van der Waals surface area contributed by atoms with E-state index < -0.39 is 47.1 Å². The molecule has 0 aliphatic carbocycles. The smallest absolute Gasteiger partial charge is 0.240 e. The van der Waals surface area contributed by atoms with Crippen LogP contribution < -0.4 is 15.8 Å². The number of hydrogen-bond donors (Lipinski definition) is 2. The second-order valence-electron chi connectivity index (χ2n) is 4.31. The van der Waals surface area contributed by atoms with E-state index in [1.165, 1.54) is 6.92 Å². The molecule has 1 amide bonds. The van der Waals surface area contributed by atoms with Gasteiger partial charge >= 0.3 is 0 Å². The monoisotopic (exact) mass is 294 g/mol. The fourth-order valence-electron chi connectivity index (χ4n) is 1.49. The fraction of sp³-hybridized carbons (Fsp3) is 0.417. The molecule has 1 unspecified atom stereocenters. The topological polar surface area (TPSA) is 64.3 Å². The molecular weight excluding hydrogens is 280 g/mol. The van der Waals surface area contributed by atoms with Gasteiger partial charge in [-0.05, 0) is 13.5 Å². The first-order valence-corrected chi connectivity index (χ1v) is 5.73. The first-order valence-electron chi connectivity index (χ1n) is 5.73. The summed E-state index contributed by atoms with van der Waals surface area (Å²) < 4.78 is 57.4. The van der Waals surface area contributed by atoms with E-state index in [0.29, 0.717) is 6.54 Å². The van der Waals surface area contributed by atoms with Crippen LogP contribution in [0.2, 0.25) is 0 Å². The van der Waals surface area contributed by atoms with Crippen LogP contribution in [-0.4, -0.2) is 24.6 Å². The molecule has 3 N–H and O–H groups in total. The molecule has 1 aromatic carbocycles. The number of amides is 1. The maximum absolute atomic E-state index is 13.4. The Balaban J connectivity index is 3.03. The summed E-state index contributed by atoms with van der Waals surface area (Å²) in [5.41, 5.74) is 3.71. The number of carbonyl (C=O) groups is 1. The van der Waals surface area contributed by atoms with Crippen LogP contribution in [0.3, 0.4) is 0 Å². The Kier molecular flexibility index (Phi) is 4.93. The molecule has 0 saturated carbocycles. The van der Waals surface area contributed by atoms with Crippen LogP contribution >= 0.6 is 0 Å². The second kappa shape index (κ2) is 6.08. The number of benzene rings is 1. The van der Waals surface area contributed by atoms with Crippen molar-refractivity contribution in [2.75, 3.05) is 13.2 Å². The van der Waals surface area contributed by atoms with Crippen molar-refractivity contribution < 1.29 is 27.1 Å². The van der Waals surface area contributed by atoms with E-state index in [1.807, 2.05) is 0 Å². The third-order valence-electron chi connectivity index (χ3n) is 2.69. The van der Waals surface area contributed by atoms with Gasteiger partial charge in [0.1, 0.15) is 12.1 Å². The largest absolute Gasteiger partial charge is 0.485 e. The molecule has 0 radical (unpaired) electrons. The van der Waals surface area contributed by atoms with Crippen molar-refractivity contribution in [2.45, 2.75) is 19.4 Å². The van der Waals surface area contributed by atoms with Gasteiger partial charge in [0.2, 0.25) is 17.5 Å². The van der Waals surface area contributed by atoms with Crippen LogP contribution in [0.25, 0.3) is 0 Å². The minimum absolute atomic E-state index is 0.0646. The molecule has 1 aromatic rings. The van der Waals surface area contributed by atoms with Gasteiger partial charge in [-0.2, -0.15) is 8.78 Å². The zero-order valence-electron chi connectivity index (χ0n) is 10.9. The molecule has 4 nitrogen and oxygen atoms in total. The lowest BCUT2D eigenvalue weighted by atomic mass is 10.0. The summed E-state index contributed by atoms with van der Waals surface area (Å²) in [6.07, 6.45) is 0. The van der Waals surface area contributed by atoms with Crippen LogP contribution in [-0.2, 0) is 4.79 Å². The van der Waals surface area contributed by atoms with Crippen LogP contribution in [0.5, 0.6) is 5.75 Å². The van der Waals surface area contributed by atoms with Crippen molar-refractivity contribution in [1.29, 1.82) is 0 Å². The quantitative estimate of drug-likeness (QED) is 0.617. The maximum Gasteiger partial charge on any atom is 0.240 e. The van der Waals surface area contributed by atoms with Gasteiger partial charge in [-0.15, -0.1) is 0 Å². The first-order chi connectivity index (χ1) is 9.23. The van der Waals surface area contributed by atoms with Gasteiger partial charge in [-0.25, -0.2) is 8.78 Å². The van der Waals surface area contributed by atoms with Gasteiger partial charge in [0.15, 0.2) is 17.4 Å². The van der Waals surface area contributed by atoms with E-state index >= 15 is 0 Å². The summed E-state index contributed by atoms with van der Waals surface area (Å²) in [5, 5.41) is 2.66. The number of hydrogen-bond acceptors (Lipinski definition) is 3. The minimum atomic E-state index is -1.67. The number of rotatable bonds is 6. The molecule has 112 valence electrons. The fourth-order valence-corrected chi connectivity index (χ4v) is 1.49. The molecule has 20 heavy (non-hydrogen) atoms. The van der Waals surface area contributed by atoms with Gasteiger partial charge < -0.3 is 15.8 Å².